The van der Waals surface area contributed by atoms with Gasteiger partial charge in [-0.15, -0.1) is 0 Å². The number of hydrogen-bond donors (Lipinski definition) is 0. The fraction of sp³-hybridized carbons (Fsp3) is 0.909. The molecule has 1 rings (SSSR count). The molecule has 2 nitrogen and oxygen atoms in total. The molecule has 0 aromatic carbocycles. The van der Waals surface area contributed by atoms with Gasteiger partial charge in [0.25, 0.3) is 0 Å². The number of nitrogens with zero attached hydrogens (tertiary/aromatic N) is 1. The maximum atomic E-state index is 5.16. The average molecular weight is 183 g/mol. The summed E-state index contributed by atoms with van der Waals surface area (Å²) in [6.45, 7) is 3.01. The van der Waals surface area contributed by atoms with Crippen molar-refractivity contribution in [1.29, 1.82) is 0 Å². The first-order valence-electron chi connectivity index (χ1n) is 5.59. The van der Waals surface area contributed by atoms with E-state index in [1.807, 2.05) is 6.21 Å². The molecule has 0 saturated heterocycles. The summed E-state index contributed by atoms with van der Waals surface area (Å²) < 4.78 is 0. The molecule has 0 spiro atoms. The van der Waals surface area contributed by atoms with Crippen LogP contribution in [-0.2, 0) is 4.84 Å². The Morgan fingerprint density at radius 2 is 2.15 bits per heavy atom. The zero-order valence-electron chi connectivity index (χ0n) is 8.67. The summed E-state index contributed by atoms with van der Waals surface area (Å²) in [4.78, 5) is 5.16. The van der Waals surface area contributed by atoms with Gasteiger partial charge in [0.1, 0.15) is 6.61 Å². The first-order chi connectivity index (χ1) is 6.43. The zero-order valence-corrected chi connectivity index (χ0v) is 8.67. The summed E-state index contributed by atoms with van der Waals surface area (Å²) >= 11 is 0. The van der Waals surface area contributed by atoms with Gasteiger partial charge >= 0.3 is 0 Å². The van der Waals surface area contributed by atoms with E-state index in [1.165, 1.54) is 38.5 Å². The van der Waals surface area contributed by atoms with Crippen molar-refractivity contribution in [2.45, 2.75) is 51.9 Å². The van der Waals surface area contributed by atoms with Crippen LogP contribution in [0.2, 0.25) is 0 Å². The molecule has 0 aliphatic heterocycles. The summed E-state index contributed by atoms with van der Waals surface area (Å²) in [5.41, 5.74) is 0. The molecular formula is C11H21NO. The SMILES string of the molecule is CCCCCCON=CC1CCC1. The zero-order chi connectivity index (χ0) is 9.36. The third kappa shape index (κ3) is 4.91. The van der Waals surface area contributed by atoms with Crippen LogP contribution in [0.15, 0.2) is 5.16 Å². The third-order valence-corrected chi connectivity index (χ3v) is 2.59. The molecule has 2 heteroatoms. The van der Waals surface area contributed by atoms with Gasteiger partial charge in [0, 0.05) is 6.21 Å². The lowest BCUT2D eigenvalue weighted by atomic mass is 9.87. The summed E-state index contributed by atoms with van der Waals surface area (Å²) in [5.74, 6) is 0.718. The van der Waals surface area contributed by atoms with Crippen molar-refractivity contribution in [3.8, 4) is 0 Å². The van der Waals surface area contributed by atoms with Crippen molar-refractivity contribution >= 4 is 6.21 Å². The van der Waals surface area contributed by atoms with Crippen LogP contribution in [-0.4, -0.2) is 12.8 Å². The molecule has 0 unspecified atom stereocenters. The first-order valence-corrected chi connectivity index (χ1v) is 5.59. The van der Waals surface area contributed by atoms with E-state index in [0.717, 1.165) is 18.9 Å². The van der Waals surface area contributed by atoms with Gasteiger partial charge in [-0.3, -0.25) is 0 Å². The fourth-order valence-corrected chi connectivity index (χ4v) is 1.36. The minimum atomic E-state index is 0.718. The van der Waals surface area contributed by atoms with Crippen LogP contribution >= 0.6 is 0 Å². The number of unbranched alkanes of at least 4 members (excludes halogenated alkanes) is 3. The molecule has 13 heavy (non-hydrogen) atoms. The van der Waals surface area contributed by atoms with Crippen molar-refractivity contribution in [3.05, 3.63) is 0 Å². The summed E-state index contributed by atoms with van der Waals surface area (Å²) in [6, 6.07) is 0. The second-order valence-corrected chi connectivity index (χ2v) is 3.84. The van der Waals surface area contributed by atoms with Crippen LogP contribution < -0.4 is 0 Å². The van der Waals surface area contributed by atoms with Crippen molar-refractivity contribution in [1.82, 2.24) is 0 Å². The monoisotopic (exact) mass is 183 g/mol. The molecule has 1 aliphatic carbocycles. The number of rotatable bonds is 7. The van der Waals surface area contributed by atoms with E-state index in [0.29, 0.717) is 0 Å². The van der Waals surface area contributed by atoms with Gasteiger partial charge in [-0.05, 0) is 31.6 Å². The molecule has 76 valence electrons. The van der Waals surface area contributed by atoms with Crippen molar-refractivity contribution < 1.29 is 4.84 Å². The van der Waals surface area contributed by atoms with Gasteiger partial charge in [0.15, 0.2) is 0 Å². The van der Waals surface area contributed by atoms with Crippen LogP contribution in [0, 0.1) is 5.92 Å². The first kappa shape index (κ1) is 10.6. The minimum absolute atomic E-state index is 0.718. The summed E-state index contributed by atoms with van der Waals surface area (Å²) in [7, 11) is 0. The third-order valence-electron chi connectivity index (χ3n) is 2.59. The summed E-state index contributed by atoms with van der Waals surface area (Å²) in [5, 5.41) is 3.97. The van der Waals surface area contributed by atoms with E-state index in [1.54, 1.807) is 0 Å². The van der Waals surface area contributed by atoms with Gasteiger partial charge < -0.3 is 4.84 Å². The van der Waals surface area contributed by atoms with Crippen LogP contribution in [0.5, 0.6) is 0 Å². The highest BCUT2D eigenvalue weighted by Gasteiger charge is 2.14. The second-order valence-electron chi connectivity index (χ2n) is 3.84. The Hall–Kier alpha value is -0.530. The van der Waals surface area contributed by atoms with Crippen LogP contribution in [0.1, 0.15) is 51.9 Å². The average Bonchev–Trinajstić information content (AvgIpc) is 2.07. The molecule has 0 amide bonds. The van der Waals surface area contributed by atoms with Crippen molar-refractivity contribution in [2.75, 3.05) is 6.61 Å². The highest BCUT2D eigenvalue weighted by atomic mass is 16.6. The Morgan fingerprint density at radius 1 is 1.31 bits per heavy atom. The second kappa shape index (κ2) is 6.93. The van der Waals surface area contributed by atoms with E-state index in [4.69, 9.17) is 4.84 Å². The topological polar surface area (TPSA) is 21.6 Å². The van der Waals surface area contributed by atoms with E-state index in [2.05, 4.69) is 12.1 Å². The number of hydrogen-bond acceptors (Lipinski definition) is 2. The summed E-state index contributed by atoms with van der Waals surface area (Å²) in [6.07, 6.45) is 11.0. The lowest BCUT2D eigenvalue weighted by Gasteiger charge is -2.19. The lowest BCUT2D eigenvalue weighted by Crippen LogP contribution is -2.12. The molecule has 0 atom stereocenters. The molecule has 1 saturated carbocycles. The predicted octanol–water partition coefficient (Wildman–Crippen LogP) is 3.37. The maximum Gasteiger partial charge on any atom is 0.117 e. The van der Waals surface area contributed by atoms with E-state index < -0.39 is 0 Å². The Kier molecular flexibility index (Phi) is 5.62. The molecule has 0 radical (unpaired) electrons. The Morgan fingerprint density at radius 3 is 2.77 bits per heavy atom. The van der Waals surface area contributed by atoms with E-state index in [9.17, 15) is 0 Å². The van der Waals surface area contributed by atoms with Gasteiger partial charge in [-0.1, -0.05) is 31.3 Å². The molecule has 1 fully saturated rings. The van der Waals surface area contributed by atoms with E-state index in [-0.39, 0.29) is 0 Å². The highest BCUT2D eigenvalue weighted by molar-refractivity contribution is 5.60. The molecular weight excluding hydrogens is 162 g/mol. The quantitative estimate of drug-likeness (QED) is 0.337. The Bertz CT molecular complexity index is 141. The Labute approximate surface area is 81.3 Å². The largest absolute Gasteiger partial charge is 0.396 e. The highest BCUT2D eigenvalue weighted by Crippen LogP contribution is 2.23. The maximum absolute atomic E-state index is 5.16. The van der Waals surface area contributed by atoms with Crippen LogP contribution in [0.3, 0.4) is 0 Å². The fourth-order valence-electron chi connectivity index (χ4n) is 1.36. The Balaban J connectivity index is 1.80. The molecule has 0 aromatic rings. The molecule has 0 aromatic heterocycles. The van der Waals surface area contributed by atoms with Crippen molar-refractivity contribution in [3.63, 3.8) is 0 Å². The minimum Gasteiger partial charge on any atom is -0.396 e. The van der Waals surface area contributed by atoms with Crippen LogP contribution in [0.25, 0.3) is 0 Å². The standard InChI is InChI=1S/C11H21NO/c1-2-3-4-5-9-13-12-10-11-7-6-8-11/h10-11H,2-9H2,1H3. The molecule has 1 aliphatic rings. The van der Waals surface area contributed by atoms with Crippen LogP contribution in [0.4, 0.5) is 0 Å². The van der Waals surface area contributed by atoms with Gasteiger partial charge in [0.05, 0.1) is 0 Å². The lowest BCUT2D eigenvalue weighted by molar-refractivity contribution is 0.138. The van der Waals surface area contributed by atoms with Gasteiger partial charge in [-0.25, -0.2) is 0 Å². The van der Waals surface area contributed by atoms with Gasteiger partial charge in [-0.2, -0.15) is 0 Å². The molecule has 0 N–H and O–H groups in total. The number of oxime groups is 1. The van der Waals surface area contributed by atoms with Gasteiger partial charge in [0.2, 0.25) is 0 Å². The smallest absolute Gasteiger partial charge is 0.117 e. The van der Waals surface area contributed by atoms with Crippen molar-refractivity contribution in [2.24, 2.45) is 11.1 Å². The predicted molar refractivity (Wildman–Crippen MR) is 55.9 cm³/mol. The molecule has 0 bridgehead atoms. The molecule has 0 heterocycles. The normalized spacial score (nSPS) is 17.6. The van der Waals surface area contributed by atoms with E-state index >= 15 is 0 Å².